The molecule has 0 saturated carbocycles. The summed E-state index contributed by atoms with van der Waals surface area (Å²) in [7, 11) is 3.19. The summed E-state index contributed by atoms with van der Waals surface area (Å²) in [6.07, 6.45) is 0. The van der Waals surface area contributed by atoms with E-state index in [4.69, 9.17) is 9.47 Å². The molecule has 0 aliphatic carbocycles. The van der Waals surface area contributed by atoms with Crippen molar-refractivity contribution >= 4 is 34.7 Å². The lowest BCUT2D eigenvalue weighted by molar-refractivity contribution is -0.118. The summed E-state index contributed by atoms with van der Waals surface area (Å²) in [5.41, 5.74) is 4.22. The highest BCUT2D eigenvalue weighted by Gasteiger charge is 2.16. The molecule has 1 N–H and O–H groups in total. The molecule has 0 saturated heterocycles. The molecule has 10 heteroatoms. The van der Waals surface area contributed by atoms with Crippen LogP contribution < -0.4 is 14.9 Å². The normalized spacial score (nSPS) is 11.4. The lowest BCUT2D eigenvalue weighted by Gasteiger charge is -2.10. The Morgan fingerprint density at radius 1 is 1.23 bits per heavy atom. The van der Waals surface area contributed by atoms with Crippen molar-refractivity contribution in [3.8, 4) is 22.9 Å². The molecule has 158 valence electrons. The van der Waals surface area contributed by atoms with Crippen LogP contribution in [0.25, 0.3) is 11.4 Å². The van der Waals surface area contributed by atoms with Crippen molar-refractivity contribution in [2.75, 3.05) is 20.0 Å². The highest BCUT2D eigenvalue weighted by atomic mass is 32.2. The zero-order chi connectivity index (χ0) is 21.5. The molecule has 0 atom stereocenters. The number of nitrogens with zero attached hydrogens (tertiary/aromatic N) is 4. The fraction of sp³-hybridized carbons (Fsp3) is 0.300. The maximum atomic E-state index is 12.2. The van der Waals surface area contributed by atoms with Gasteiger partial charge in [0.1, 0.15) is 0 Å². The second kappa shape index (κ2) is 10.3. The maximum absolute atomic E-state index is 12.2. The minimum atomic E-state index is -0.200. The number of thiophene rings is 1. The number of carbonyl (C=O) groups is 1. The van der Waals surface area contributed by atoms with Gasteiger partial charge in [-0.2, -0.15) is 5.10 Å². The number of methoxy groups -OCH3 is 2. The van der Waals surface area contributed by atoms with Crippen molar-refractivity contribution < 1.29 is 14.3 Å². The second-order valence-electron chi connectivity index (χ2n) is 6.12. The van der Waals surface area contributed by atoms with Crippen LogP contribution in [0, 0.1) is 0 Å². The molecule has 0 aliphatic heterocycles. The third-order valence-corrected chi connectivity index (χ3v) is 6.18. The van der Waals surface area contributed by atoms with Crippen LogP contribution in [0.15, 0.2) is 46.0 Å². The van der Waals surface area contributed by atoms with Crippen LogP contribution in [0.2, 0.25) is 0 Å². The molecular formula is C20H23N5O3S2. The van der Waals surface area contributed by atoms with E-state index in [2.05, 4.69) is 20.7 Å². The van der Waals surface area contributed by atoms with Gasteiger partial charge in [0.05, 0.1) is 25.7 Å². The molecule has 0 spiro atoms. The lowest BCUT2D eigenvalue weighted by atomic mass is 10.2. The summed E-state index contributed by atoms with van der Waals surface area (Å²) in [6.45, 7) is 4.53. The molecule has 2 aromatic heterocycles. The van der Waals surface area contributed by atoms with Crippen LogP contribution >= 0.6 is 23.1 Å². The van der Waals surface area contributed by atoms with E-state index >= 15 is 0 Å². The van der Waals surface area contributed by atoms with E-state index in [1.54, 1.807) is 25.6 Å². The fourth-order valence-corrected chi connectivity index (χ4v) is 4.19. The molecule has 1 aromatic carbocycles. The number of carbonyl (C=O) groups excluding carboxylic acids is 1. The summed E-state index contributed by atoms with van der Waals surface area (Å²) < 4.78 is 12.6. The summed E-state index contributed by atoms with van der Waals surface area (Å²) in [5.74, 6) is 1.95. The first-order valence-electron chi connectivity index (χ1n) is 9.22. The number of ether oxygens (including phenoxy) is 2. The summed E-state index contributed by atoms with van der Waals surface area (Å²) in [6, 6.07) is 9.50. The van der Waals surface area contributed by atoms with Crippen LogP contribution in [0.3, 0.4) is 0 Å². The van der Waals surface area contributed by atoms with Crippen molar-refractivity contribution in [1.82, 2.24) is 20.2 Å². The summed E-state index contributed by atoms with van der Waals surface area (Å²) >= 11 is 2.89. The number of hydrogen-bond acceptors (Lipinski definition) is 8. The Morgan fingerprint density at radius 2 is 2.03 bits per heavy atom. The Balaban J connectivity index is 1.69. The highest BCUT2D eigenvalue weighted by molar-refractivity contribution is 7.99. The van der Waals surface area contributed by atoms with E-state index in [1.807, 2.05) is 54.1 Å². The maximum Gasteiger partial charge on any atom is 0.250 e. The number of benzene rings is 1. The summed E-state index contributed by atoms with van der Waals surface area (Å²) in [4.78, 5) is 13.2. The molecule has 0 bridgehead atoms. The molecule has 3 rings (SSSR count). The van der Waals surface area contributed by atoms with E-state index in [1.165, 1.54) is 11.8 Å². The fourth-order valence-electron chi connectivity index (χ4n) is 2.72. The number of hydrazone groups is 1. The molecule has 2 heterocycles. The zero-order valence-electron chi connectivity index (χ0n) is 17.2. The number of rotatable bonds is 9. The van der Waals surface area contributed by atoms with E-state index in [-0.39, 0.29) is 11.7 Å². The van der Waals surface area contributed by atoms with Crippen LogP contribution in [0.5, 0.6) is 11.5 Å². The molecule has 1 amide bonds. The van der Waals surface area contributed by atoms with Gasteiger partial charge in [-0.05, 0) is 43.5 Å². The van der Waals surface area contributed by atoms with Gasteiger partial charge in [0.15, 0.2) is 22.5 Å². The minimum Gasteiger partial charge on any atom is -0.493 e. The number of thioether (sulfide) groups is 1. The first-order chi connectivity index (χ1) is 14.6. The van der Waals surface area contributed by atoms with Crippen LogP contribution in [-0.2, 0) is 11.3 Å². The second-order valence-corrected chi connectivity index (χ2v) is 8.01. The Labute approximate surface area is 183 Å². The average Bonchev–Trinajstić information content (AvgIpc) is 3.45. The zero-order valence-corrected chi connectivity index (χ0v) is 18.8. The third kappa shape index (κ3) is 5.00. The van der Waals surface area contributed by atoms with E-state index < -0.39 is 0 Å². The standard InChI is InChI=1S/C20H23N5O3S2/c1-5-25-19(14-8-9-15(27-3)16(11-14)28-4)23-24-20(25)30-12-18(26)22-21-13(2)17-7-6-10-29-17/h6-11H,5,12H2,1-4H3,(H,22,26). The van der Waals surface area contributed by atoms with Gasteiger partial charge in [0.2, 0.25) is 0 Å². The van der Waals surface area contributed by atoms with E-state index in [0.29, 0.717) is 29.0 Å². The van der Waals surface area contributed by atoms with Gasteiger partial charge in [-0.1, -0.05) is 17.8 Å². The van der Waals surface area contributed by atoms with Crippen molar-refractivity contribution in [2.24, 2.45) is 5.10 Å². The van der Waals surface area contributed by atoms with Gasteiger partial charge in [0, 0.05) is 17.0 Å². The molecule has 3 aromatic rings. The Hall–Kier alpha value is -2.85. The van der Waals surface area contributed by atoms with Crippen molar-refractivity contribution in [1.29, 1.82) is 0 Å². The predicted molar refractivity (Wildman–Crippen MR) is 120 cm³/mol. The highest BCUT2D eigenvalue weighted by Crippen LogP contribution is 2.32. The summed E-state index contributed by atoms with van der Waals surface area (Å²) in [5, 5.41) is 15.4. The Bertz CT molecular complexity index is 1030. The SMILES string of the molecule is CCn1c(SCC(=O)NN=C(C)c2cccs2)nnc1-c1ccc(OC)c(OC)c1. The Kier molecular flexibility index (Phi) is 7.47. The van der Waals surface area contributed by atoms with Gasteiger partial charge in [-0.3, -0.25) is 4.79 Å². The number of nitrogens with one attached hydrogen (secondary N) is 1. The molecule has 0 radical (unpaired) electrons. The first-order valence-corrected chi connectivity index (χ1v) is 11.1. The largest absolute Gasteiger partial charge is 0.493 e. The van der Waals surface area contributed by atoms with Crippen molar-refractivity contribution in [2.45, 2.75) is 25.5 Å². The monoisotopic (exact) mass is 445 g/mol. The predicted octanol–water partition coefficient (Wildman–Crippen LogP) is 3.68. The smallest absolute Gasteiger partial charge is 0.250 e. The minimum absolute atomic E-state index is 0.186. The third-order valence-electron chi connectivity index (χ3n) is 4.23. The Morgan fingerprint density at radius 3 is 2.70 bits per heavy atom. The number of amides is 1. The molecule has 8 nitrogen and oxygen atoms in total. The van der Waals surface area contributed by atoms with Crippen molar-refractivity contribution in [3.63, 3.8) is 0 Å². The molecule has 30 heavy (non-hydrogen) atoms. The quantitative estimate of drug-likeness (QED) is 0.307. The van der Waals surface area contributed by atoms with Crippen LogP contribution in [0.4, 0.5) is 0 Å². The van der Waals surface area contributed by atoms with Gasteiger partial charge in [0.25, 0.3) is 5.91 Å². The molecular weight excluding hydrogens is 422 g/mol. The van der Waals surface area contributed by atoms with Gasteiger partial charge >= 0.3 is 0 Å². The van der Waals surface area contributed by atoms with Gasteiger partial charge in [-0.25, -0.2) is 5.43 Å². The van der Waals surface area contributed by atoms with Gasteiger partial charge in [-0.15, -0.1) is 21.5 Å². The molecule has 0 fully saturated rings. The average molecular weight is 446 g/mol. The van der Waals surface area contributed by atoms with E-state index in [9.17, 15) is 4.79 Å². The lowest BCUT2D eigenvalue weighted by Crippen LogP contribution is -2.21. The van der Waals surface area contributed by atoms with Crippen molar-refractivity contribution in [3.05, 3.63) is 40.6 Å². The first kappa shape index (κ1) is 21.8. The number of hydrogen-bond donors (Lipinski definition) is 1. The van der Waals surface area contributed by atoms with Gasteiger partial charge < -0.3 is 14.0 Å². The molecule has 0 aliphatic rings. The van der Waals surface area contributed by atoms with E-state index in [0.717, 1.165) is 16.2 Å². The molecule has 0 unspecified atom stereocenters. The van der Waals surface area contributed by atoms with Crippen LogP contribution in [0.1, 0.15) is 18.7 Å². The topological polar surface area (TPSA) is 90.6 Å². The number of aromatic nitrogens is 3. The van der Waals surface area contributed by atoms with Crippen LogP contribution in [-0.4, -0.2) is 46.4 Å².